The van der Waals surface area contributed by atoms with Gasteiger partial charge in [0.15, 0.2) is 0 Å². The van der Waals surface area contributed by atoms with Gasteiger partial charge >= 0.3 is 0 Å². The average Bonchev–Trinajstić information content (AvgIpc) is 3.08. The van der Waals surface area contributed by atoms with Gasteiger partial charge in [-0.05, 0) is 44.1 Å². The lowest BCUT2D eigenvalue weighted by Crippen LogP contribution is -2.35. The van der Waals surface area contributed by atoms with Crippen molar-refractivity contribution in [2.24, 2.45) is 5.92 Å². The van der Waals surface area contributed by atoms with Gasteiger partial charge in [-0.25, -0.2) is 0 Å². The third-order valence-electron chi connectivity index (χ3n) is 5.09. The van der Waals surface area contributed by atoms with Crippen molar-refractivity contribution in [1.82, 2.24) is 9.80 Å². The summed E-state index contributed by atoms with van der Waals surface area (Å²) in [5.74, 6) is 0.591. The molecule has 6 heteroatoms. The van der Waals surface area contributed by atoms with Crippen molar-refractivity contribution in [3.05, 3.63) is 23.8 Å². The van der Waals surface area contributed by atoms with E-state index >= 15 is 0 Å². The van der Waals surface area contributed by atoms with Crippen LogP contribution in [-0.4, -0.2) is 60.9 Å². The minimum absolute atomic E-state index is 0.0606. The number of fused-ring (bicyclic) bond motifs is 2. The van der Waals surface area contributed by atoms with Crippen molar-refractivity contribution in [2.75, 3.05) is 43.9 Å². The second-order valence-electron chi connectivity index (χ2n) is 6.47. The number of anilines is 2. The number of nitrogens with zero attached hydrogens (tertiary/aromatic N) is 2. The average molecular weight is 300 g/mol. The zero-order chi connectivity index (χ0) is 15.3. The Morgan fingerprint density at radius 3 is 2.95 bits per heavy atom. The number of rotatable bonds is 1. The van der Waals surface area contributed by atoms with Crippen LogP contribution in [0.15, 0.2) is 18.2 Å². The number of hydrogen-bond donors (Lipinski definition) is 2. The zero-order valence-electron chi connectivity index (χ0n) is 12.6. The van der Waals surface area contributed by atoms with Crippen LogP contribution in [-0.2, 0) is 4.79 Å². The van der Waals surface area contributed by atoms with E-state index in [1.165, 1.54) is 6.42 Å². The van der Waals surface area contributed by atoms with Crippen molar-refractivity contribution in [2.45, 2.75) is 12.5 Å². The molecule has 2 atom stereocenters. The summed E-state index contributed by atoms with van der Waals surface area (Å²) in [6, 6.07) is 5.98. The lowest BCUT2D eigenvalue weighted by atomic mass is 10.1. The van der Waals surface area contributed by atoms with E-state index < -0.39 is 0 Å². The molecule has 0 bridgehead atoms. The van der Waals surface area contributed by atoms with Crippen molar-refractivity contribution < 1.29 is 9.59 Å². The fourth-order valence-corrected chi connectivity index (χ4v) is 3.83. The first-order valence-electron chi connectivity index (χ1n) is 7.79. The van der Waals surface area contributed by atoms with Crippen LogP contribution in [0.2, 0.25) is 0 Å². The SMILES string of the molecule is CN1CC[C@H]2CN(C(=O)c3ccc4c(c3)NC(=O)CN4)C[C@H]21. The molecular weight excluding hydrogens is 280 g/mol. The maximum Gasteiger partial charge on any atom is 0.253 e. The third-order valence-corrected chi connectivity index (χ3v) is 5.09. The smallest absolute Gasteiger partial charge is 0.253 e. The molecule has 2 saturated heterocycles. The topological polar surface area (TPSA) is 64.7 Å². The van der Waals surface area contributed by atoms with Gasteiger partial charge in [-0.3, -0.25) is 9.59 Å². The maximum absolute atomic E-state index is 12.7. The normalized spacial score (nSPS) is 27.1. The van der Waals surface area contributed by atoms with Gasteiger partial charge in [0.25, 0.3) is 5.91 Å². The minimum Gasteiger partial charge on any atom is -0.374 e. The van der Waals surface area contributed by atoms with E-state index in [0.717, 1.165) is 25.3 Å². The molecule has 0 saturated carbocycles. The standard InChI is InChI=1S/C16H20N4O2/c1-19-5-4-11-8-20(9-14(11)19)16(22)10-2-3-12-13(6-10)18-15(21)7-17-12/h2-3,6,11,14,17H,4-5,7-9H2,1H3,(H,18,21)/t11-,14+/m0/s1. The van der Waals surface area contributed by atoms with Crippen LogP contribution in [0.4, 0.5) is 11.4 Å². The Hall–Kier alpha value is -2.08. The van der Waals surface area contributed by atoms with Gasteiger partial charge in [0.2, 0.25) is 5.91 Å². The van der Waals surface area contributed by atoms with Gasteiger partial charge in [0, 0.05) is 24.7 Å². The zero-order valence-corrected chi connectivity index (χ0v) is 12.6. The summed E-state index contributed by atoms with van der Waals surface area (Å²) < 4.78 is 0. The van der Waals surface area contributed by atoms with Crippen LogP contribution >= 0.6 is 0 Å². The quantitative estimate of drug-likeness (QED) is 0.806. The molecule has 2 amide bonds. The van der Waals surface area contributed by atoms with E-state index in [1.807, 2.05) is 17.0 Å². The molecular formula is C16H20N4O2. The van der Waals surface area contributed by atoms with Crippen molar-refractivity contribution >= 4 is 23.2 Å². The van der Waals surface area contributed by atoms with Crippen LogP contribution in [0.1, 0.15) is 16.8 Å². The highest BCUT2D eigenvalue weighted by Crippen LogP contribution is 2.32. The van der Waals surface area contributed by atoms with E-state index in [2.05, 4.69) is 22.6 Å². The van der Waals surface area contributed by atoms with E-state index in [0.29, 0.717) is 23.2 Å². The highest BCUT2D eigenvalue weighted by atomic mass is 16.2. The Morgan fingerprint density at radius 2 is 2.14 bits per heavy atom. The fraction of sp³-hybridized carbons (Fsp3) is 0.500. The highest BCUT2D eigenvalue weighted by Gasteiger charge is 2.41. The third kappa shape index (κ3) is 2.14. The molecule has 3 heterocycles. The second-order valence-corrected chi connectivity index (χ2v) is 6.47. The minimum atomic E-state index is -0.0746. The van der Waals surface area contributed by atoms with Crippen molar-refractivity contribution in [3.8, 4) is 0 Å². The molecule has 0 unspecified atom stereocenters. The molecule has 2 N–H and O–H groups in total. The first kappa shape index (κ1) is 13.6. The van der Waals surface area contributed by atoms with Crippen LogP contribution in [0, 0.1) is 5.92 Å². The number of carbonyl (C=O) groups excluding carboxylic acids is 2. The summed E-state index contributed by atoms with van der Waals surface area (Å²) in [5.41, 5.74) is 2.21. The predicted octanol–water partition coefficient (Wildman–Crippen LogP) is 0.827. The molecule has 3 aliphatic rings. The monoisotopic (exact) mass is 300 g/mol. The van der Waals surface area contributed by atoms with Gasteiger partial charge in [0.1, 0.15) is 0 Å². The number of likely N-dealkylation sites (N-methyl/N-ethyl adjacent to an activating group) is 1. The van der Waals surface area contributed by atoms with Gasteiger partial charge in [0.05, 0.1) is 17.9 Å². The molecule has 6 nitrogen and oxygen atoms in total. The largest absolute Gasteiger partial charge is 0.374 e. The number of likely N-dealkylation sites (tertiary alicyclic amines) is 2. The molecule has 0 radical (unpaired) electrons. The van der Waals surface area contributed by atoms with E-state index in [4.69, 9.17) is 0 Å². The number of hydrogen-bond acceptors (Lipinski definition) is 4. The predicted molar refractivity (Wildman–Crippen MR) is 84.0 cm³/mol. The van der Waals surface area contributed by atoms with Crippen molar-refractivity contribution in [1.29, 1.82) is 0 Å². The summed E-state index contributed by atoms with van der Waals surface area (Å²) in [6.07, 6.45) is 1.18. The number of nitrogens with one attached hydrogen (secondary N) is 2. The molecule has 0 aromatic heterocycles. The van der Waals surface area contributed by atoms with Crippen molar-refractivity contribution in [3.63, 3.8) is 0 Å². The lowest BCUT2D eigenvalue weighted by molar-refractivity contribution is -0.114. The van der Waals surface area contributed by atoms with E-state index in [1.54, 1.807) is 6.07 Å². The molecule has 3 aliphatic heterocycles. The van der Waals surface area contributed by atoms with Crippen LogP contribution < -0.4 is 10.6 Å². The summed E-state index contributed by atoms with van der Waals surface area (Å²) >= 11 is 0. The molecule has 22 heavy (non-hydrogen) atoms. The fourth-order valence-electron chi connectivity index (χ4n) is 3.83. The maximum atomic E-state index is 12.7. The Balaban J connectivity index is 1.54. The highest BCUT2D eigenvalue weighted by molar-refractivity contribution is 6.03. The Labute approximate surface area is 129 Å². The lowest BCUT2D eigenvalue weighted by Gasteiger charge is -2.22. The molecule has 2 fully saturated rings. The van der Waals surface area contributed by atoms with Gasteiger partial charge in [-0.2, -0.15) is 0 Å². The van der Waals surface area contributed by atoms with Crippen LogP contribution in [0.3, 0.4) is 0 Å². The molecule has 116 valence electrons. The Kier molecular flexibility index (Phi) is 3.07. The second kappa shape index (κ2) is 4.98. The van der Waals surface area contributed by atoms with Gasteiger partial charge in [-0.15, -0.1) is 0 Å². The molecule has 0 aliphatic carbocycles. The Morgan fingerprint density at radius 1 is 1.27 bits per heavy atom. The number of benzene rings is 1. The summed E-state index contributed by atoms with van der Waals surface area (Å²) in [5, 5.41) is 5.85. The number of carbonyl (C=O) groups is 2. The summed E-state index contributed by atoms with van der Waals surface area (Å²) in [7, 11) is 2.14. The summed E-state index contributed by atoms with van der Waals surface area (Å²) in [4.78, 5) is 28.5. The molecule has 1 aromatic carbocycles. The van der Waals surface area contributed by atoms with Crippen LogP contribution in [0.25, 0.3) is 0 Å². The first-order chi connectivity index (χ1) is 10.6. The molecule has 0 spiro atoms. The van der Waals surface area contributed by atoms with E-state index in [9.17, 15) is 9.59 Å². The molecule has 1 aromatic rings. The first-order valence-corrected chi connectivity index (χ1v) is 7.79. The van der Waals surface area contributed by atoms with Gasteiger partial charge < -0.3 is 20.4 Å². The Bertz CT molecular complexity index is 645. The molecule has 4 rings (SSSR count). The van der Waals surface area contributed by atoms with Gasteiger partial charge in [-0.1, -0.05) is 0 Å². The van der Waals surface area contributed by atoms with Crippen LogP contribution in [0.5, 0.6) is 0 Å². The van der Waals surface area contributed by atoms with E-state index in [-0.39, 0.29) is 18.4 Å². The summed E-state index contributed by atoms with van der Waals surface area (Å²) in [6.45, 7) is 3.06. The number of amides is 2.